The summed E-state index contributed by atoms with van der Waals surface area (Å²) in [7, 11) is 0. The second kappa shape index (κ2) is 8.60. The fourth-order valence-electron chi connectivity index (χ4n) is 2.23. The third-order valence-electron chi connectivity index (χ3n) is 3.36. The summed E-state index contributed by atoms with van der Waals surface area (Å²) >= 11 is 1.68. The molecule has 0 aromatic carbocycles. The molecule has 1 rings (SSSR count). The zero-order chi connectivity index (χ0) is 15.0. The minimum atomic E-state index is -0.150. The average Bonchev–Trinajstić information content (AvgIpc) is 2.44. The van der Waals surface area contributed by atoms with Crippen molar-refractivity contribution in [3.8, 4) is 0 Å². The molecule has 0 fully saturated rings. The Labute approximate surface area is 126 Å². The van der Waals surface area contributed by atoms with Gasteiger partial charge in [-0.2, -0.15) is 0 Å². The normalized spacial score (nSPS) is 14.5. The molecule has 0 bridgehead atoms. The molecule has 0 aliphatic heterocycles. The maximum atomic E-state index is 9.68. The van der Waals surface area contributed by atoms with E-state index in [1.165, 1.54) is 0 Å². The SMILES string of the molecule is CCC(CO)(CCCSc1ncc(C)cn1)NC(C)C. The van der Waals surface area contributed by atoms with Crippen molar-refractivity contribution in [1.29, 1.82) is 0 Å². The van der Waals surface area contributed by atoms with Crippen molar-refractivity contribution in [3.05, 3.63) is 18.0 Å². The van der Waals surface area contributed by atoms with Crippen molar-refractivity contribution in [3.63, 3.8) is 0 Å². The van der Waals surface area contributed by atoms with Gasteiger partial charge >= 0.3 is 0 Å². The van der Waals surface area contributed by atoms with Crippen LogP contribution < -0.4 is 5.32 Å². The number of aryl methyl sites for hydroxylation is 1. The Morgan fingerprint density at radius 1 is 1.35 bits per heavy atom. The molecule has 1 unspecified atom stereocenters. The maximum Gasteiger partial charge on any atom is 0.187 e. The van der Waals surface area contributed by atoms with Gasteiger partial charge in [-0.05, 0) is 31.7 Å². The van der Waals surface area contributed by atoms with Crippen LogP contribution in [0.15, 0.2) is 17.6 Å². The molecule has 0 spiro atoms. The highest BCUT2D eigenvalue weighted by molar-refractivity contribution is 7.99. The van der Waals surface area contributed by atoms with E-state index in [1.54, 1.807) is 11.8 Å². The Balaban J connectivity index is 2.38. The molecular weight excluding hydrogens is 270 g/mol. The van der Waals surface area contributed by atoms with Crippen LogP contribution in [0.4, 0.5) is 0 Å². The van der Waals surface area contributed by atoms with E-state index in [0.717, 1.165) is 35.7 Å². The Kier molecular flexibility index (Phi) is 7.48. The predicted molar refractivity (Wildman–Crippen MR) is 85.1 cm³/mol. The summed E-state index contributed by atoms with van der Waals surface area (Å²) in [5, 5.41) is 14.0. The number of aliphatic hydroxyl groups is 1. The first-order chi connectivity index (χ1) is 9.51. The van der Waals surface area contributed by atoms with Gasteiger partial charge in [-0.3, -0.25) is 0 Å². The van der Waals surface area contributed by atoms with Gasteiger partial charge in [-0.15, -0.1) is 0 Å². The van der Waals surface area contributed by atoms with Gasteiger partial charge in [0.15, 0.2) is 5.16 Å². The van der Waals surface area contributed by atoms with E-state index in [2.05, 4.69) is 36.1 Å². The van der Waals surface area contributed by atoms with Gasteiger partial charge in [0.25, 0.3) is 0 Å². The smallest absolute Gasteiger partial charge is 0.187 e. The van der Waals surface area contributed by atoms with E-state index in [1.807, 2.05) is 19.3 Å². The van der Waals surface area contributed by atoms with Crippen molar-refractivity contribution < 1.29 is 5.11 Å². The number of hydrogen-bond donors (Lipinski definition) is 2. The third-order valence-corrected chi connectivity index (χ3v) is 4.32. The van der Waals surface area contributed by atoms with Crippen LogP contribution >= 0.6 is 11.8 Å². The van der Waals surface area contributed by atoms with Gasteiger partial charge in [0.1, 0.15) is 0 Å². The third kappa shape index (κ3) is 5.77. The molecule has 0 aliphatic carbocycles. The van der Waals surface area contributed by atoms with Crippen LogP contribution in [0.1, 0.15) is 45.6 Å². The number of hydrogen-bond acceptors (Lipinski definition) is 5. The fourth-order valence-corrected chi connectivity index (χ4v) is 2.95. The van der Waals surface area contributed by atoms with Gasteiger partial charge in [-0.1, -0.05) is 32.5 Å². The lowest BCUT2D eigenvalue weighted by molar-refractivity contribution is 0.137. The molecule has 5 heteroatoms. The quantitative estimate of drug-likeness (QED) is 0.417. The lowest BCUT2D eigenvalue weighted by atomic mass is 9.91. The zero-order valence-corrected chi connectivity index (χ0v) is 13.8. The molecule has 4 nitrogen and oxygen atoms in total. The average molecular weight is 297 g/mol. The van der Waals surface area contributed by atoms with Crippen molar-refractivity contribution >= 4 is 11.8 Å². The van der Waals surface area contributed by atoms with Gasteiger partial charge in [-0.25, -0.2) is 9.97 Å². The van der Waals surface area contributed by atoms with Crippen LogP contribution in [0.3, 0.4) is 0 Å². The first kappa shape index (κ1) is 17.4. The van der Waals surface area contributed by atoms with E-state index in [9.17, 15) is 5.11 Å². The standard InChI is InChI=1S/C15H27N3OS/c1-5-15(11-19,18-12(2)3)7-6-8-20-14-16-9-13(4)10-17-14/h9-10,12,18-19H,5-8,11H2,1-4H3. The lowest BCUT2D eigenvalue weighted by Gasteiger charge is -2.34. The number of aromatic nitrogens is 2. The minimum Gasteiger partial charge on any atom is -0.394 e. The van der Waals surface area contributed by atoms with E-state index in [4.69, 9.17) is 0 Å². The van der Waals surface area contributed by atoms with Crippen molar-refractivity contribution in [2.45, 2.75) is 63.7 Å². The molecule has 20 heavy (non-hydrogen) atoms. The maximum absolute atomic E-state index is 9.68. The summed E-state index contributed by atoms with van der Waals surface area (Å²) in [6.45, 7) is 8.54. The summed E-state index contributed by atoms with van der Waals surface area (Å²) in [5.74, 6) is 0.977. The first-order valence-electron chi connectivity index (χ1n) is 7.31. The molecule has 0 radical (unpaired) electrons. The molecule has 0 saturated carbocycles. The van der Waals surface area contributed by atoms with E-state index < -0.39 is 0 Å². The summed E-state index contributed by atoms with van der Waals surface area (Å²) < 4.78 is 0. The number of aliphatic hydroxyl groups excluding tert-OH is 1. The monoisotopic (exact) mass is 297 g/mol. The van der Waals surface area contributed by atoms with Crippen molar-refractivity contribution in [2.75, 3.05) is 12.4 Å². The van der Waals surface area contributed by atoms with Gasteiger partial charge in [0.2, 0.25) is 0 Å². The molecule has 0 aliphatic rings. The van der Waals surface area contributed by atoms with Crippen molar-refractivity contribution in [2.24, 2.45) is 0 Å². The van der Waals surface area contributed by atoms with Crippen LogP contribution in [-0.2, 0) is 0 Å². The second-order valence-electron chi connectivity index (χ2n) is 5.59. The first-order valence-corrected chi connectivity index (χ1v) is 8.30. The molecule has 1 heterocycles. The minimum absolute atomic E-state index is 0.150. The Morgan fingerprint density at radius 3 is 2.50 bits per heavy atom. The molecule has 0 amide bonds. The Hall–Kier alpha value is -0.650. The number of thioether (sulfide) groups is 1. The van der Waals surface area contributed by atoms with Crippen molar-refractivity contribution in [1.82, 2.24) is 15.3 Å². The van der Waals surface area contributed by atoms with Crippen LogP contribution in [-0.4, -0.2) is 39.0 Å². The summed E-state index contributed by atoms with van der Waals surface area (Å²) in [6.07, 6.45) is 6.64. The molecule has 1 aromatic heterocycles. The summed E-state index contributed by atoms with van der Waals surface area (Å²) in [4.78, 5) is 8.58. The van der Waals surface area contributed by atoms with Crippen LogP contribution in [0.5, 0.6) is 0 Å². The Morgan fingerprint density at radius 2 is 2.00 bits per heavy atom. The predicted octanol–water partition coefficient (Wildman–Crippen LogP) is 2.80. The largest absolute Gasteiger partial charge is 0.394 e. The second-order valence-corrected chi connectivity index (χ2v) is 6.65. The van der Waals surface area contributed by atoms with E-state index in [0.29, 0.717) is 6.04 Å². The zero-order valence-electron chi connectivity index (χ0n) is 13.0. The molecule has 1 atom stereocenters. The topological polar surface area (TPSA) is 58.0 Å². The van der Waals surface area contributed by atoms with Crippen LogP contribution in [0.25, 0.3) is 0 Å². The number of nitrogens with zero attached hydrogens (tertiary/aromatic N) is 2. The van der Waals surface area contributed by atoms with Gasteiger partial charge < -0.3 is 10.4 Å². The van der Waals surface area contributed by atoms with Gasteiger partial charge in [0.05, 0.1) is 6.61 Å². The molecule has 1 aromatic rings. The molecular formula is C15H27N3OS. The van der Waals surface area contributed by atoms with E-state index >= 15 is 0 Å². The highest BCUT2D eigenvalue weighted by Gasteiger charge is 2.27. The number of rotatable bonds is 9. The van der Waals surface area contributed by atoms with E-state index in [-0.39, 0.29) is 12.1 Å². The number of nitrogens with one attached hydrogen (secondary N) is 1. The highest BCUT2D eigenvalue weighted by atomic mass is 32.2. The Bertz CT molecular complexity index is 377. The molecule has 0 saturated heterocycles. The highest BCUT2D eigenvalue weighted by Crippen LogP contribution is 2.21. The molecule has 114 valence electrons. The lowest BCUT2D eigenvalue weighted by Crippen LogP contribution is -2.51. The summed E-state index contributed by atoms with van der Waals surface area (Å²) in [5.41, 5.74) is 0.934. The summed E-state index contributed by atoms with van der Waals surface area (Å²) in [6, 6.07) is 0.384. The van der Waals surface area contributed by atoms with Crippen LogP contribution in [0.2, 0.25) is 0 Å². The van der Waals surface area contributed by atoms with Gasteiger partial charge in [0, 0.05) is 29.7 Å². The fraction of sp³-hybridized carbons (Fsp3) is 0.733. The van der Waals surface area contributed by atoms with Crippen LogP contribution in [0, 0.1) is 6.92 Å². The molecule has 2 N–H and O–H groups in total.